The van der Waals surface area contributed by atoms with E-state index in [0.717, 1.165) is 9.87 Å². The van der Waals surface area contributed by atoms with E-state index in [0.29, 0.717) is 23.5 Å². The third-order valence-electron chi connectivity index (χ3n) is 4.95. The summed E-state index contributed by atoms with van der Waals surface area (Å²) in [5.41, 5.74) is 1.32. The topological polar surface area (TPSA) is 83.9 Å². The maximum absolute atomic E-state index is 13.2. The molecule has 0 aromatic heterocycles. The Morgan fingerprint density at radius 2 is 1.57 bits per heavy atom. The third-order valence-corrected chi connectivity index (χ3v) is 6.83. The van der Waals surface area contributed by atoms with Crippen molar-refractivity contribution >= 4 is 16.0 Å². The predicted octanol–water partition coefficient (Wildman–Crippen LogP) is 3.99. The van der Waals surface area contributed by atoms with E-state index in [2.05, 4.69) is 0 Å². The van der Waals surface area contributed by atoms with Crippen LogP contribution in [0.4, 0.5) is 4.39 Å². The summed E-state index contributed by atoms with van der Waals surface area (Å²) in [6.45, 7) is 0.0736. The van der Waals surface area contributed by atoms with Crippen molar-refractivity contribution < 1.29 is 27.4 Å². The summed E-state index contributed by atoms with van der Waals surface area (Å²) < 4.78 is 46.0. The maximum atomic E-state index is 13.2. The lowest BCUT2D eigenvalue weighted by Gasteiger charge is -2.33. The van der Waals surface area contributed by atoms with Gasteiger partial charge in [0.15, 0.2) is 0 Å². The molecule has 8 heteroatoms. The Labute approximate surface area is 173 Å². The van der Waals surface area contributed by atoms with Crippen molar-refractivity contribution in [1.29, 1.82) is 0 Å². The number of benzene rings is 3. The third kappa shape index (κ3) is 3.79. The van der Waals surface area contributed by atoms with E-state index >= 15 is 0 Å². The highest BCUT2D eigenvalue weighted by molar-refractivity contribution is 7.89. The van der Waals surface area contributed by atoms with Crippen molar-refractivity contribution in [3.63, 3.8) is 0 Å². The van der Waals surface area contributed by atoms with Gasteiger partial charge in [0.1, 0.15) is 23.4 Å². The van der Waals surface area contributed by atoms with Crippen LogP contribution in [0.25, 0.3) is 0 Å². The average Bonchev–Trinajstić information content (AvgIpc) is 2.74. The molecule has 0 amide bonds. The smallest absolute Gasteiger partial charge is 0.326 e. The first-order chi connectivity index (χ1) is 14.4. The average molecular weight is 427 g/mol. The van der Waals surface area contributed by atoms with Gasteiger partial charge in [0.2, 0.25) is 10.0 Å². The van der Waals surface area contributed by atoms with Crippen LogP contribution in [0, 0.1) is 5.82 Å². The maximum Gasteiger partial charge on any atom is 0.326 e. The Balaban J connectivity index is 1.61. The van der Waals surface area contributed by atoms with Gasteiger partial charge >= 0.3 is 5.97 Å². The van der Waals surface area contributed by atoms with Crippen LogP contribution in [-0.2, 0) is 21.2 Å². The van der Waals surface area contributed by atoms with E-state index in [1.54, 1.807) is 12.1 Å². The molecule has 3 aromatic rings. The normalized spacial score (nSPS) is 16.6. The van der Waals surface area contributed by atoms with Gasteiger partial charge in [-0.2, -0.15) is 4.31 Å². The molecule has 1 aliphatic rings. The second kappa shape index (κ2) is 7.89. The molecule has 0 aliphatic carbocycles. The molecule has 0 bridgehead atoms. The number of halogens is 1. The zero-order valence-corrected chi connectivity index (χ0v) is 16.5. The number of carboxylic acid groups (broad SMARTS) is 1. The number of fused-ring (bicyclic) bond motifs is 1. The molecule has 0 fully saturated rings. The molecule has 154 valence electrons. The van der Waals surface area contributed by atoms with Crippen molar-refractivity contribution in [1.82, 2.24) is 4.31 Å². The summed E-state index contributed by atoms with van der Waals surface area (Å²) >= 11 is 0. The van der Waals surface area contributed by atoms with Crippen LogP contribution in [0.1, 0.15) is 17.2 Å². The molecular formula is C22H18FNO5S. The van der Waals surface area contributed by atoms with Gasteiger partial charge in [-0.3, -0.25) is 4.79 Å². The van der Waals surface area contributed by atoms with E-state index in [1.807, 2.05) is 12.1 Å². The Hall–Kier alpha value is -3.23. The van der Waals surface area contributed by atoms with Crippen molar-refractivity contribution in [3.8, 4) is 11.5 Å². The van der Waals surface area contributed by atoms with E-state index in [1.165, 1.54) is 48.5 Å². The Morgan fingerprint density at radius 3 is 2.20 bits per heavy atom. The number of nitrogens with zero attached hydrogens (tertiary/aromatic N) is 1. The quantitative estimate of drug-likeness (QED) is 0.666. The van der Waals surface area contributed by atoms with Gasteiger partial charge in [0.25, 0.3) is 0 Å². The molecule has 0 saturated carbocycles. The number of aliphatic carboxylic acids is 1. The summed E-state index contributed by atoms with van der Waals surface area (Å²) in [5, 5.41) is 9.74. The summed E-state index contributed by atoms with van der Waals surface area (Å²) in [4.78, 5) is 11.9. The summed E-state index contributed by atoms with van der Waals surface area (Å²) in [7, 11) is -4.05. The minimum Gasteiger partial charge on any atom is -0.480 e. The first-order valence-electron chi connectivity index (χ1n) is 9.22. The van der Waals surface area contributed by atoms with Crippen LogP contribution in [0.3, 0.4) is 0 Å². The molecule has 0 saturated heterocycles. The standard InChI is InChI=1S/C22H18FNO5S/c23-16-5-7-17(8-6-16)29-18-9-11-19(12-10-18)30(27,28)24-14-13-15-3-1-2-4-20(15)21(24)22(25)26/h1-12,21H,13-14H2,(H,25,26)/t21-/m0/s1. The lowest BCUT2D eigenvalue weighted by molar-refractivity contribution is -0.142. The monoisotopic (exact) mass is 427 g/mol. The summed E-state index contributed by atoms with van der Waals surface area (Å²) in [6, 6.07) is 16.8. The van der Waals surface area contributed by atoms with Crippen molar-refractivity contribution in [2.24, 2.45) is 0 Å². The van der Waals surface area contributed by atoms with Gasteiger partial charge in [-0.1, -0.05) is 24.3 Å². The number of hydrogen-bond donors (Lipinski definition) is 1. The van der Waals surface area contributed by atoms with Gasteiger partial charge < -0.3 is 9.84 Å². The van der Waals surface area contributed by atoms with Crippen molar-refractivity contribution in [2.45, 2.75) is 17.4 Å². The number of rotatable bonds is 5. The minimum absolute atomic E-state index is 0.0282. The Bertz CT molecular complexity index is 1180. The number of carbonyl (C=O) groups is 1. The SMILES string of the molecule is O=C(O)[C@@H]1c2ccccc2CCN1S(=O)(=O)c1ccc(Oc2ccc(F)cc2)cc1. The fourth-order valence-electron chi connectivity index (χ4n) is 3.51. The number of hydrogen-bond acceptors (Lipinski definition) is 4. The van der Waals surface area contributed by atoms with E-state index < -0.39 is 22.0 Å². The second-order valence-corrected chi connectivity index (χ2v) is 8.72. The first kappa shape index (κ1) is 20.1. The number of sulfonamides is 1. The van der Waals surface area contributed by atoms with Crippen LogP contribution in [-0.4, -0.2) is 30.3 Å². The van der Waals surface area contributed by atoms with Crippen LogP contribution in [0.15, 0.2) is 77.7 Å². The van der Waals surface area contributed by atoms with E-state index in [4.69, 9.17) is 4.74 Å². The fraction of sp³-hybridized carbons (Fsp3) is 0.136. The second-order valence-electron chi connectivity index (χ2n) is 6.83. The fourth-order valence-corrected chi connectivity index (χ4v) is 5.08. The molecule has 0 unspecified atom stereocenters. The highest BCUT2D eigenvalue weighted by atomic mass is 32.2. The van der Waals surface area contributed by atoms with Gasteiger partial charge in [-0.15, -0.1) is 0 Å². The zero-order chi connectivity index (χ0) is 21.3. The van der Waals surface area contributed by atoms with Crippen LogP contribution >= 0.6 is 0 Å². The molecule has 0 spiro atoms. The van der Waals surface area contributed by atoms with Crippen molar-refractivity contribution in [2.75, 3.05) is 6.54 Å². The molecule has 30 heavy (non-hydrogen) atoms. The van der Waals surface area contributed by atoms with Gasteiger partial charge in [-0.25, -0.2) is 12.8 Å². The van der Waals surface area contributed by atoms with E-state index in [-0.39, 0.29) is 17.3 Å². The van der Waals surface area contributed by atoms with Crippen LogP contribution in [0.2, 0.25) is 0 Å². The van der Waals surface area contributed by atoms with Gasteiger partial charge in [0.05, 0.1) is 4.90 Å². The molecule has 1 atom stereocenters. The molecule has 1 heterocycles. The Kier molecular flexibility index (Phi) is 5.27. The predicted molar refractivity (Wildman–Crippen MR) is 107 cm³/mol. The highest BCUT2D eigenvalue weighted by Gasteiger charge is 2.40. The van der Waals surface area contributed by atoms with Crippen molar-refractivity contribution in [3.05, 3.63) is 89.7 Å². The number of carboxylic acids is 1. The summed E-state index contributed by atoms with van der Waals surface area (Å²) in [6.07, 6.45) is 0.435. The highest BCUT2D eigenvalue weighted by Crippen LogP contribution is 2.35. The Morgan fingerprint density at radius 1 is 0.967 bits per heavy atom. The lowest BCUT2D eigenvalue weighted by Crippen LogP contribution is -2.43. The lowest BCUT2D eigenvalue weighted by atomic mass is 9.94. The zero-order valence-electron chi connectivity index (χ0n) is 15.7. The molecular weight excluding hydrogens is 409 g/mol. The van der Waals surface area contributed by atoms with Crippen LogP contribution < -0.4 is 4.74 Å². The molecule has 0 radical (unpaired) electrons. The minimum atomic E-state index is -4.05. The molecule has 6 nitrogen and oxygen atoms in total. The molecule has 1 aliphatic heterocycles. The molecule has 4 rings (SSSR count). The van der Waals surface area contributed by atoms with Gasteiger partial charge in [-0.05, 0) is 66.1 Å². The van der Waals surface area contributed by atoms with Gasteiger partial charge in [0, 0.05) is 6.54 Å². The molecule has 3 aromatic carbocycles. The summed E-state index contributed by atoms with van der Waals surface area (Å²) in [5.74, 6) is -0.827. The molecule has 1 N–H and O–H groups in total. The van der Waals surface area contributed by atoms with Crippen LogP contribution in [0.5, 0.6) is 11.5 Å². The first-order valence-corrected chi connectivity index (χ1v) is 10.7. The number of ether oxygens (including phenoxy) is 1. The van der Waals surface area contributed by atoms with E-state index in [9.17, 15) is 22.7 Å². The largest absolute Gasteiger partial charge is 0.480 e.